The predicted molar refractivity (Wildman–Crippen MR) is 139 cm³/mol. The first kappa shape index (κ1) is 23.5. The minimum atomic E-state index is -1.11. The largest absolute Gasteiger partial charge is 0.380 e. The lowest BCUT2D eigenvalue weighted by Gasteiger charge is -2.42. The van der Waals surface area contributed by atoms with Gasteiger partial charge in [-0.3, -0.25) is 4.79 Å². The van der Waals surface area contributed by atoms with E-state index in [1.54, 1.807) is 24.7 Å². The van der Waals surface area contributed by atoms with Crippen molar-refractivity contribution in [2.24, 2.45) is 5.92 Å². The molecule has 0 unspecified atom stereocenters. The number of piperidine rings is 1. The van der Waals surface area contributed by atoms with Crippen LogP contribution >= 0.6 is 0 Å². The van der Waals surface area contributed by atoms with E-state index in [1.165, 1.54) is 0 Å². The Balaban J connectivity index is 1.32. The first-order chi connectivity index (χ1) is 17.6. The third kappa shape index (κ3) is 4.53. The fourth-order valence-electron chi connectivity index (χ4n) is 5.18. The molecule has 1 N–H and O–H groups in total. The van der Waals surface area contributed by atoms with Crippen molar-refractivity contribution in [1.29, 1.82) is 0 Å². The number of hydrogen-bond acceptors (Lipinski definition) is 3. The lowest BCUT2D eigenvalue weighted by Crippen LogP contribution is -2.46. The van der Waals surface area contributed by atoms with Gasteiger partial charge in [-0.25, -0.2) is 9.83 Å². The predicted octanol–water partition coefficient (Wildman–Crippen LogP) is 5.27. The molecule has 4 aromatic rings. The highest BCUT2D eigenvalue weighted by Crippen LogP contribution is 2.42. The second-order valence-corrected chi connectivity index (χ2v) is 9.25. The van der Waals surface area contributed by atoms with E-state index < -0.39 is 5.60 Å². The number of amides is 1. The van der Waals surface area contributed by atoms with Gasteiger partial charge in [-0.15, -0.1) is 0 Å². The second kappa shape index (κ2) is 10.2. The Labute approximate surface area is 211 Å². The van der Waals surface area contributed by atoms with Crippen LogP contribution in [0.15, 0.2) is 97.5 Å². The zero-order valence-corrected chi connectivity index (χ0v) is 20.0. The van der Waals surface area contributed by atoms with Crippen LogP contribution in [0.2, 0.25) is 0 Å². The summed E-state index contributed by atoms with van der Waals surface area (Å²) in [6.45, 7) is 8.75. The number of nitrogens with zero attached hydrogens (tertiary/aromatic N) is 4. The molecule has 3 aromatic carbocycles. The second-order valence-electron chi connectivity index (χ2n) is 9.25. The number of rotatable bonds is 6. The standard InChI is InChI=1S/C30H28N4O2/c1-31-27-14-12-23(13-15-27)21-34-22-32-20-28(34)29(35)33-18-16-26(17-19-33)30(36,24-8-4-2-5-9-24)25-10-6-3-7-11-25/h2-15,20,22,26,36H,16-19,21H2. The molecule has 5 rings (SSSR count). The molecule has 0 saturated carbocycles. The van der Waals surface area contributed by atoms with Crippen molar-refractivity contribution in [3.8, 4) is 0 Å². The van der Waals surface area contributed by atoms with Crippen LogP contribution in [0.5, 0.6) is 0 Å². The summed E-state index contributed by atoms with van der Waals surface area (Å²) in [5.41, 5.74) is 2.78. The van der Waals surface area contributed by atoms with Crippen LogP contribution in [0.1, 0.15) is 40.0 Å². The van der Waals surface area contributed by atoms with Crippen LogP contribution in [-0.2, 0) is 12.1 Å². The Morgan fingerprint density at radius 1 is 0.944 bits per heavy atom. The van der Waals surface area contributed by atoms with Crippen molar-refractivity contribution < 1.29 is 9.90 Å². The maximum Gasteiger partial charge on any atom is 0.272 e. The number of imidazole rings is 1. The van der Waals surface area contributed by atoms with E-state index in [0.717, 1.165) is 16.7 Å². The highest BCUT2D eigenvalue weighted by molar-refractivity contribution is 5.92. The third-order valence-corrected chi connectivity index (χ3v) is 7.15. The Kier molecular flexibility index (Phi) is 6.66. The maximum absolute atomic E-state index is 13.4. The molecule has 1 aliphatic heterocycles. The average molecular weight is 477 g/mol. The van der Waals surface area contributed by atoms with E-state index in [2.05, 4.69) is 9.83 Å². The molecule has 0 spiro atoms. The molecule has 6 nitrogen and oxygen atoms in total. The molecule has 1 fully saturated rings. The molecule has 1 amide bonds. The summed E-state index contributed by atoms with van der Waals surface area (Å²) in [4.78, 5) is 23.0. The SMILES string of the molecule is [C-]#[N+]c1ccc(Cn2cncc2C(=O)N2CCC(C(O)(c3ccccc3)c3ccccc3)CC2)cc1. The van der Waals surface area contributed by atoms with Gasteiger partial charge in [-0.1, -0.05) is 84.9 Å². The van der Waals surface area contributed by atoms with Crippen LogP contribution in [0.4, 0.5) is 5.69 Å². The number of hydrogen-bond donors (Lipinski definition) is 1. The van der Waals surface area contributed by atoms with Crippen molar-refractivity contribution in [2.75, 3.05) is 13.1 Å². The van der Waals surface area contributed by atoms with Gasteiger partial charge in [0, 0.05) is 19.6 Å². The molecule has 0 bridgehead atoms. The van der Waals surface area contributed by atoms with Crippen LogP contribution < -0.4 is 0 Å². The van der Waals surface area contributed by atoms with Crippen molar-refractivity contribution in [3.63, 3.8) is 0 Å². The first-order valence-corrected chi connectivity index (χ1v) is 12.2. The summed E-state index contributed by atoms with van der Waals surface area (Å²) in [5, 5.41) is 12.1. The third-order valence-electron chi connectivity index (χ3n) is 7.15. The van der Waals surface area contributed by atoms with Gasteiger partial charge in [0.15, 0.2) is 5.69 Å². The average Bonchev–Trinajstić information content (AvgIpc) is 3.41. The van der Waals surface area contributed by atoms with Gasteiger partial charge in [0.05, 0.1) is 19.1 Å². The van der Waals surface area contributed by atoms with E-state index in [0.29, 0.717) is 43.9 Å². The molecule has 1 aromatic heterocycles. The number of carbonyl (C=O) groups excluding carboxylic acids is 1. The van der Waals surface area contributed by atoms with Crippen molar-refractivity contribution in [2.45, 2.75) is 25.0 Å². The van der Waals surface area contributed by atoms with E-state index >= 15 is 0 Å². The summed E-state index contributed by atoms with van der Waals surface area (Å²) in [6.07, 6.45) is 4.68. The summed E-state index contributed by atoms with van der Waals surface area (Å²) >= 11 is 0. The molecule has 0 aliphatic carbocycles. The van der Waals surface area contributed by atoms with Gasteiger partial charge in [0.1, 0.15) is 11.3 Å². The molecule has 1 aliphatic rings. The van der Waals surface area contributed by atoms with Crippen LogP contribution in [0.3, 0.4) is 0 Å². The summed E-state index contributed by atoms with van der Waals surface area (Å²) in [7, 11) is 0. The molecule has 0 atom stereocenters. The van der Waals surface area contributed by atoms with E-state index in [-0.39, 0.29) is 11.8 Å². The lowest BCUT2D eigenvalue weighted by atomic mass is 9.72. The van der Waals surface area contributed by atoms with Crippen LogP contribution in [0, 0.1) is 12.5 Å². The van der Waals surface area contributed by atoms with Gasteiger partial charge in [-0.05, 0) is 35.4 Å². The van der Waals surface area contributed by atoms with Gasteiger partial charge < -0.3 is 14.6 Å². The smallest absolute Gasteiger partial charge is 0.272 e. The highest BCUT2D eigenvalue weighted by Gasteiger charge is 2.42. The lowest BCUT2D eigenvalue weighted by molar-refractivity contribution is -0.0124. The fraction of sp³-hybridized carbons (Fsp3) is 0.233. The van der Waals surface area contributed by atoms with Gasteiger partial charge >= 0.3 is 0 Å². The summed E-state index contributed by atoms with van der Waals surface area (Å²) in [6, 6.07) is 27.0. The molecular weight excluding hydrogens is 448 g/mol. The Hall–Kier alpha value is -4.21. The van der Waals surface area contributed by atoms with Gasteiger partial charge in [-0.2, -0.15) is 0 Å². The van der Waals surface area contributed by atoms with Crippen molar-refractivity contribution in [1.82, 2.24) is 14.5 Å². The molecule has 0 radical (unpaired) electrons. The molecule has 6 heteroatoms. The zero-order chi connectivity index (χ0) is 25.0. The highest BCUT2D eigenvalue weighted by atomic mass is 16.3. The van der Waals surface area contributed by atoms with E-state index in [4.69, 9.17) is 6.57 Å². The summed E-state index contributed by atoms with van der Waals surface area (Å²) < 4.78 is 1.85. The molecule has 36 heavy (non-hydrogen) atoms. The number of benzene rings is 3. The number of aliphatic hydroxyl groups is 1. The van der Waals surface area contributed by atoms with Gasteiger partial charge in [0.2, 0.25) is 0 Å². The number of likely N-dealkylation sites (tertiary alicyclic amines) is 1. The van der Waals surface area contributed by atoms with E-state index in [9.17, 15) is 9.90 Å². The Bertz CT molecular complexity index is 1310. The first-order valence-electron chi connectivity index (χ1n) is 12.2. The van der Waals surface area contributed by atoms with Crippen molar-refractivity contribution >= 4 is 11.6 Å². The molecule has 1 saturated heterocycles. The van der Waals surface area contributed by atoms with Gasteiger partial charge in [0.25, 0.3) is 5.91 Å². The molecule has 180 valence electrons. The zero-order valence-electron chi connectivity index (χ0n) is 20.0. The minimum Gasteiger partial charge on any atom is -0.380 e. The fourth-order valence-corrected chi connectivity index (χ4v) is 5.18. The normalized spacial score (nSPS) is 14.4. The van der Waals surface area contributed by atoms with Crippen LogP contribution in [0.25, 0.3) is 4.85 Å². The van der Waals surface area contributed by atoms with E-state index in [1.807, 2.05) is 82.3 Å². The topological polar surface area (TPSA) is 62.7 Å². The Morgan fingerprint density at radius 3 is 2.08 bits per heavy atom. The van der Waals surface area contributed by atoms with Crippen molar-refractivity contribution in [3.05, 3.63) is 131 Å². The summed E-state index contributed by atoms with van der Waals surface area (Å²) in [5.74, 6) is -0.0658. The number of carbonyl (C=O) groups is 1. The minimum absolute atomic E-state index is 0.0165. The maximum atomic E-state index is 13.4. The molecule has 2 heterocycles. The van der Waals surface area contributed by atoms with Crippen LogP contribution in [-0.4, -0.2) is 38.6 Å². The quantitative estimate of drug-likeness (QED) is 0.386. The Morgan fingerprint density at radius 2 is 1.53 bits per heavy atom. The number of aromatic nitrogens is 2. The monoisotopic (exact) mass is 476 g/mol. The molecular formula is C30H28N4O2.